The maximum absolute atomic E-state index is 13.4. The molecule has 0 radical (unpaired) electrons. The number of ketones is 1. The number of thioether (sulfide) groups is 1. The molecule has 0 aliphatic heterocycles. The van der Waals surface area contributed by atoms with Crippen molar-refractivity contribution in [1.29, 1.82) is 0 Å². The van der Waals surface area contributed by atoms with Crippen molar-refractivity contribution in [3.63, 3.8) is 0 Å². The van der Waals surface area contributed by atoms with Gasteiger partial charge in [-0.2, -0.15) is 0 Å². The highest BCUT2D eigenvalue weighted by atomic mass is 35.5. The van der Waals surface area contributed by atoms with E-state index in [0.717, 1.165) is 10.5 Å². The van der Waals surface area contributed by atoms with Crippen LogP contribution in [0.4, 0.5) is 5.69 Å². The molecule has 4 rings (SSSR count). The molecule has 1 unspecified atom stereocenters. The monoisotopic (exact) mass is 457 g/mol. The van der Waals surface area contributed by atoms with Crippen LogP contribution in [0.5, 0.6) is 0 Å². The molecule has 158 valence electrons. The average molecular weight is 458 g/mol. The molecule has 0 fully saturated rings. The third-order valence-corrected chi connectivity index (χ3v) is 6.36. The zero-order chi connectivity index (χ0) is 22.3. The molecular formula is C27H20ClNO2S. The molecule has 4 aromatic carbocycles. The van der Waals surface area contributed by atoms with E-state index < -0.39 is 5.25 Å². The van der Waals surface area contributed by atoms with E-state index in [4.69, 9.17) is 11.6 Å². The van der Waals surface area contributed by atoms with Gasteiger partial charge in [0, 0.05) is 21.0 Å². The van der Waals surface area contributed by atoms with Gasteiger partial charge in [0.05, 0.1) is 5.69 Å². The summed E-state index contributed by atoms with van der Waals surface area (Å²) in [4.78, 5) is 27.5. The lowest BCUT2D eigenvalue weighted by atomic mass is 10.0. The maximum atomic E-state index is 13.4. The van der Waals surface area contributed by atoms with Crippen molar-refractivity contribution >= 4 is 40.7 Å². The van der Waals surface area contributed by atoms with E-state index in [0.29, 0.717) is 21.8 Å². The Hall–Kier alpha value is -3.34. The van der Waals surface area contributed by atoms with Gasteiger partial charge in [0.2, 0.25) is 5.91 Å². The third kappa shape index (κ3) is 5.28. The quantitative estimate of drug-likeness (QED) is 0.239. The fourth-order valence-electron chi connectivity index (χ4n) is 3.29. The first kappa shape index (κ1) is 21.9. The molecule has 3 nitrogen and oxygen atoms in total. The number of anilines is 1. The lowest BCUT2D eigenvalue weighted by Crippen LogP contribution is -2.20. The molecule has 0 saturated heterocycles. The van der Waals surface area contributed by atoms with Gasteiger partial charge < -0.3 is 5.32 Å². The van der Waals surface area contributed by atoms with Crippen molar-refractivity contribution in [2.45, 2.75) is 10.1 Å². The van der Waals surface area contributed by atoms with Crippen LogP contribution in [0.1, 0.15) is 26.7 Å². The molecule has 0 spiro atoms. The minimum absolute atomic E-state index is 0.199. The van der Waals surface area contributed by atoms with Gasteiger partial charge in [-0.3, -0.25) is 9.59 Å². The topological polar surface area (TPSA) is 46.2 Å². The number of benzene rings is 4. The Morgan fingerprint density at radius 1 is 0.750 bits per heavy atom. The second kappa shape index (κ2) is 10.3. The van der Waals surface area contributed by atoms with Crippen LogP contribution in [0.25, 0.3) is 0 Å². The van der Waals surface area contributed by atoms with E-state index in [1.165, 1.54) is 11.8 Å². The van der Waals surface area contributed by atoms with Gasteiger partial charge in [-0.05, 0) is 35.9 Å². The Morgan fingerprint density at radius 3 is 2.00 bits per heavy atom. The average Bonchev–Trinajstić information content (AvgIpc) is 2.85. The normalized spacial score (nSPS) is 11.5. The van der Waals surface area contributed by atoms with E-state index in [1.807, 2.05) is 66.7 Å². The fraction of sp³-hybridized carbons (Fsp3) is 0.0370. The number of nitrogens with one attached hydrogen (secondary N) is 1. The second-order valence-electron chi connectivity index (χ2n) is 7.10. The summed E-state index contributed by atoms with van der Waals surface area (Å²) >= 11 is 7.64. The molecular weight excluding hydrogens is 438 g/mol. The van der Waals surface area contributed by atoms with E-state index in [9.17, 15) is 9.59 Å². The van der Waals surface area contributed by atoms with E-state index in [-0.39, 0.29) is 11.7 Å². The first-order chi connectivity index (χ1) is 15.6. The van der Waals surface area contributed by atoms with Gasteiger partial charge in [0.15, 0.2) is 5.78 Å². The number of halogens is 1. The van der Waals surface area contributed by atoms with Crippen LogP contribution in [0, 0.1) is 0 Å². The molecule has 0 aromatic heterocycles. The van der Waals surface area contributed by atoms with Crippen molar-refractivity contribution < 1.29 is 9.59 Å². The number of rotatable bonds is 7. The summed E-state index contributed by atoms with van der Waals surface area (Å²) in [6.07, 6.45) is 0. The third-order valence-electron chi connectivity index (χ3n) is 4.86. The minimum Gasteiger partial charge on any atom is -0.324 e. The predicted molar refractivity (Wildman–Crippen MR) is 131 cm³/mol. The molecule has 0 aliphatic carbocycles. The van der Waals surface area contributed by atoms with Gasteiger partial charge >= 0.3 is 0 Å². The summed E-state index contributed by atoms with van der Waals surface area (Å²) < 4.78 is 0. The highest BCUT2D eigenvalue weighted by Gasteiger charge is 2.24. The fourth-order valence-corrected chi connectivity index (χ4v) is 4.51. The number of hydrogen-bond acceptors (Lipinski definition) is 3. The van der Waals surface area contributed by atoms with Gasteiger partial charge in [0.25, 0.3) is 0 Å². The molecule has 1 N–H and O–H groups in total. The Labute approximate surface area is 196 Å². The van der Waals surface area contributed by atoms with Gasteiger partial charge in [-0.25, -0.2) is 0 Å². The second-order valence-corrected chi connectivity index (χ2v) is 8.71. The molecule has 32 heavy (non-hydrogen) atoms. The molecule has 0 heterocycles. The zero-order valence-electron chi connectivity index (χ0n) is 17.1. The van der Waals surface area contributed by atoms with Crippen LogP contribution >= 0.6 is 23.4 Å². The smallest absolute Gasteiger partial charge is 0.242 e. The predicted octanol–water partition coefficient (Wildman–Crippen LogP) is 7.04. The lowest BCUT2D eigenvalue weighted by Gasteiger charge is -2.18. The summed E-state index contributed by atoms with van der Waals surface area (Å²) in [5, 5.41) is 2.91. The molecule has 0 aliphatic rings. The Bertz CT molecular complexity index is 1210. The van der Waals surface area contributed by atoms with Crippen LogP contribution in [0.15, 0.2) is 114 Å². The van der Waals surface area contributed by atoms with E-state index >= 15 is 0 Å². The van der Waals surface area contributed by atoms with Gasteiger partial charge in [-0.1, -0.05) is 90.5 Å². The largest absolute Gasteiger partial charge is 0.324 e. The Morgan fingerprint density at radius 2 is 1.34 bits per heavy atom. The number of carbonyl (C=O) groups is 2. The summed E-state index contributed by atoms with van der Waals surface area (Å²) in [6.45, 7) is 0. The van der Waals surface area contributed by atoms with Crippen LogP contribution in [-0.4, -0.2) is 11.7 Å². The summed E-state index contributed by atoms with van der Waals surface area (Å²) in [7, 11) is 0. The van der Waals surface area contributed by atoms with Crippen molar-refractivity contribution in [1.82, 2.24) is 0 Å². The molecule has 1 atom stereocenters. The molecule has 5 heteroatoms. The lowest BCUT2D eigenvalue weighted by molar-refractivity contribution is -0.115. The molecule has 4 aromatic rings. The number of carbonyl (C=O) groups excluding carboxylic acids is 2. The molecule has 1 amide bonds. The summed E-state index contributed by atoms with van der Waals surface area (Å²) in [5.41, 5.74) is 2.20. The van der Waals surface area contributed by atoms with Crippen molar-refractivity contribution in [2.24, 2.45) is 0 Å². The van der Waals surface area contributed by atoms with Crippen LogP contribution in [0.2, 0.25) is 5.02 Å². The first-order valence-electron chi connectivity index (χ1n) is 10.1. The van der Waals surface area contributed by atoms with Crippen LogP contribution < -0.4 is 5.32 Å². The number of hydrogen-bond donors (Lipinski definition) is 1. The van der Waals surface area contributed by atoms with Crippen molar-refractivity contribution in [3.05, 3.63) is 131 Å². The standard InChI is InChI=1S/C27H20ClNO2S/c28-21-16-17-24(23(18-21)25(30)19-10-4-1-5-11-19)29-27(31)26(20-12-6-2-7-13-20)32-22-14-8-3-9-15-22/h1-18,26H,(H,29,31). The molecule has 0 bridgehead atoms. The minimum atomic E-state index is -0.492. The Balaban J connectivity index is 1.66. The summed E-state index contributed by atoms with van der Waals surface area (Å²) in [5.74, 6) is -0.412. The summed E-state index contributed by atoms with van der Waals surface area (Å²) in [6, 6.07) is 33.2. The number of amides is 1. The highest BCUT2D eigenvalue weighted by Crippen LogP contribution is 2.36. The van der Waals surface area contributed by atoms with Gasteiger partial charge in [0.1, 0.15) is 5.25 Å². The first-order valence-corrected chi connectivity index (χ1v) is 11.3. The SMILES string of the molecule is O=C(c1ccccc1)c1cc(Cl)ccc1NC(=O)C(Sc1ccccc1)c1ccccc1. The Kier molecular flexibility index (Phi) is 7.05. The van der Waals surface area contributed by atoms with E-state index in [1.54, 1.807) is 42.5 Å². The van der Waals surface area contributed by atoms with Crippen LogP contribution in [0.3, 0.4) is 0 Å². The van der Waals surface area contributed by atoms with E-state index in [2.05, 4.69) is 5.32 Å². The zero-order valence-corrected chi connectivity index (χ0v) is 18.6. The highest BCUT2D eigenvalue weighted by molar-refractivity contribution is 8.00. The van der Waals surface area contributed by atoms with Crippen LogP contribution in [-0.2, 0) is 4.79 Å². The molecule has 0 saturated carbocycles. The maximum Gasteiger partial charge on any atom is 0.242 e. The van der Waals surface area contributed by atoms with Crippen molar-refractivity contribution in [3.8, 4) is 0 Å². The van der Waals surface area contributed by atoms with Crippen molar-refractivity contribution in [2.75, 3.05) is 5.32 Å². The van der Waals surface area contributed by atoms with Gasteiger partial charge in [-0.15, -0.1) is 11.8 Å².